The van der Waals surface area contributed by atoms with Gasteiger partial charge in [-0.05, 0) is 30.4 Å². The van der Waals surface area contributed by atoms with Crippen LogP contribution in [0.4, 0.5) is 0 Å². The summed E-state index contributed by atoms with van der Waals surface area (Å²) in [5, 5.41) is 0. The van der Waals surface area contributed by atoms with Crippen LogP contribution in [-0.2, 0) is 30.4 Å². The lowest BCUT2D eigenvalue weighted by atomic mass is 9.91. The maximum Gasteiger partial charge on any atom is 0.379 e. The van der Waals surface area contributed by atoms with Gasteiger partial charge in [-0.15, -0.1) is 6.58 Å². The molecule has 1 aromatic rings. The highest BCUT2D eigenvalue weighted by atomic mass is 16.6. The van der Waals surface area contributed by atoms with Gasteiger partial charge in [-0.25, -0.2) is 4.79 Å². The average Bonchev–Trinajstić information content (AvgIpc) is 2.67. The zero-order valence-electron chi connectivity index (χ0n) is 14.0. The van der Waals surface area contributed by atoms with Crippen molar-refractivity contribution in [2.24, 2.45) is 0 Å². The molecule has 0 spiro atoms. The van der Waals surface area contributed by atoms with E-state index in [1.807, 2.05) is 30.3 Å². The Kier molecular flexibility index (Phi) is 5.33. The summed E-state index contributed by atoms with van der Waals surface area (Å²) in [5.41, 5.74) is 2.20. The molecule has 0 saturated carbocycles. The van der Waals surface area contributed by atoms with E-state index in [-0.39, 0.29) is 6.61 Å². The number of ether oxygens (including phenoxy) is 3. The van der Waals surface area contributed by atoms with Crippen LogP contribution in [0.5, 0.6) is 0 Å². The zero-order chi connectivity index (χ0) is 17.6. The molecular formula is C20H20O5. The first-order chi connectivity index (χ1) is 12.2. The van der Waals surface area contributed by atoms with Crippen LogP contribution >= 0.6 is 0 Å². The molecule has 0 amide bonds. The summed E-state index contributed by atoms with van der Waals surface area (Å²) in [6.45, 7) is 4.59. The second-order valence-electron chi connectivity index (χ2n) is 5.82. The number of benzene rings is 1. The van der Waals surface area contributed by atoms with Gasteiger partial charge in [-0.2, -0.15) is 0 Å². The molecule has 0 atom stereocenters. The second kappa shape index (κ2) is 7.83. The number of hydrogen-bond donors (Lipinski definition) is 0. The average molecular weight is 340 g/mol. The Morgan fingerprint density at radius 1 is 1.08 bits per heavy atom. The molecule has 0 radical (unpaired) electrons. The van der Waals surface area contributed by atoms with E-state index in [0.717, 1.165) is 11.1 Å². The molecule has 3 rings (SSSR count). The molecule has 1 heterocycles. The minimum Gasteiger partial charge on any atom is -0.486 e. The Hall–Kier alpha value is -2.82. The van der Waals surface area contributed by atoms with E-state index in [9.17, 15) is 9.59 Å². The molecule has 130 valence electrons. The van der Waals surface area contributed by atoms with Crippen LogP contribution in [0.25, 0.3) is 0 Å². The maximum absolute atomic E-state index is 12.5. The number of hydrogen-bond acceptors (Lipinski definition) is 5. The number of ketones is 1. The zero-order valence-corrected chi connectivity index (χ0v) is 14.0. The van der Waals surface area contributed by atoms with Crippen LogP contribution in [0.3, 0.4) is 0 Å². The predicted octanol–water partition coefficient (Wildman–Crippen LogP) is 3.22. The maximum atomic E-state index is 12.5. The molecule has 1 aliphatic heterocycles. The topological polar surface area (TPSA) is 61.8 Å². The van der Waals surface area contributed by atoms with Crippen LogP contribution in [0, 0.1) is 0 Å². The fraction of sp³-hybridized carbons (Fsp3) is 0.300. The predicted molar refractivity (Wildman–Crippen MR) is 91.2 cm³/mol. The lowest BCUT2D eigenvalue weighted by Crippen LogP contribution is -2.27. The van der Waals surface area contributed by atoms with Gasteiger partial charge in [0.25, 0.3) is 5.78 Å². The molecule has 5 nitrogen and oxygen atoms in total. The molecule has 1 saturated heterocycles. The summed E-state index contributed by atoms with van der Waals surface area (Å²) in [4.78, 5) is 24.7. The summed E-state index contributed by atoms with van der Waals surface area (Å²) >= 11 is 0. The SMILES string of the molecule is C=CCC1=C2OCCOC2=C(C(=O)C(=O)OCc2ccccc2)CC1. The van der Waals surface area contributed by atoms with E-state index in [1.165, 1.54) is 0 Å². The van der Waals surface area contributed by atoms with Gasteiger partial charge in [0, 0.05) is 0 Å². The van der Waals surface area contributed by atoms with Crippen molar-refractivity contribution in [3.63, 3.8) is 0 Å². The normalized spacial score (nSPS) is 16.5. The van der Waals surface area contributed by atoms with Crippen LogP contribution in [0.15, 0.2) is 65.7 Å². The molecule has 25 heavy (non-hydrogen) atoms. The molecule has 1 fully saturated rings. The van der Waals surface area contributed by atoms with Gasteiger partial charge in [0.15, 0.2) is 11.5 Å². The van der Waals surface area contributed by atoms with Gasteiger partial charge in [0.1, 0.15) is 19.8 Å². The van der Waals surface area contributed by atoms with Gasteiger partial charge in [0.05, 0.1) is 5.57 Å². The van der Waals surface area contributed by atoms with Crippen molar-refractivity contribution < 1.29 is 23.8 Å². The molecule has 2 aliphatic rings. The molecule has 0 bridgehead atoms. The molecular weight excluding hydrogens is 320 g/mol. The monoisotopic (exact) mass is 340 g/mol. The Balaban J connectivity index is 1.76. The van der Waals surface area contributed by atoms with E-state index < -0.39 is 11.8 Å². The molecule has 0 unspecified atom stereocenters. The first-order valence-electron chi connectivity index (χ1n) is 8.28. The van der Waals surface area contributed by atoms with Gasteiger partial charge >= 0.3 is 5.97 Å². The summed E-state index contributed by atoms with van der Waals surface area (Å²) in [7, 11) is 0. The molecule has 1 aliphatic carbocycles. The lowest BCUT2D eigenvalue weighted by molar-refractivity contribution is -0.153. The van der Waals surface area contributed by atoms with Crippen LogP contribution < -0.4 is 0 Å². The minimum absolute atomic E-state index is 0.0653. The second-order valence-corrected chi connectivity index (χ2v) is 5.82. The lowest BCUT2D eigenvalue weighted by Gasteiger charge is -2.29. The summed E-state index contributed by atoms with van der Waals surface area (Å²) in [5.74, 6) is -0.564. The van der Waals surface area contributed by atoms with Crippen molar-refractivity contribution in [3.05, 3.63) is 71.2 Å². The van der Waals surface area contributed by atoms with E-state index >= 15 is 0 Å². The Morgan fingerprint density at radius 2 is 1.80 bits per heavy atom. The third-order valence-corrected chi connectivity index (χ3v) is 4.12. The van der Waals surface area contributed by atoms with E-state index in [4.69, 9.17) is 14.2 Å². The third kappa shape index (κ3) is 3.82. The number of carbonyl (C=O) groups excluding carboxylic acids is 2. The number of allylic oxidation sites excluding steroid dienone is 2. The third-order valence-electron chi connectivity index (χ3n) is 4.12. The van der Waals surface area contributed by atoms with Crippen molar-refractivity contribution in [2.45, 2.75) is 25.9 Å². The number of Topliss-reactive ketones (excluding diaryl/α,β-unsaturated/α-hetero) is 1. The molecule has 0 aromatic heterocycles. The van der Waals surface area contributed by atoms with Crippen LogP contribution in [0.1, 0.15) is 24.8 Å². The fourth-order valence-electron chi connectivity index (χ4n) is 2.91. The van der Waals surface area contributed by atoms with Crippen molar-refractivity contribution in [1.29, 1.82) is 0 Å². The van der Waals surface area contributed by atoms with Crippen molar-refractivity contribution in [1.82, 2.24) is 0 Å². The van der Waals surface area contributed by atoms with Crippen molar-refractivity contribution in [3.8, 4) is 0 Å². The minimum atomic E-state index is -0.868. The highest BCUT2D eigenvalue weighted by molar-refractivity contribution is 6.40. The summed E-state index contributed by atoms with van der Waals surface area (Å²) in [6.07, 6.45) is 3.53. The van der Waals surface area contributed by atoms with Gasteiger partial charge < -0.3 is 14.2 Å². The van der Waals surface area contributed by atoms with Gasteiger partial charge in [0.2, 0.25) is 0 Å². The molecule has 5 heteroatoms. The van der Waals surface area contributed by atoms with Gasteiger partial charge in [-0.1, -0.05) is 36.4 Å². The smallest absolute Gasteiger partial charge is 0.379 e. The van der Waals surface area contributed by atoms with Crippen molar-refractivity contribution in [2.75, 3.05) is 13.2 Å². The number of esters is 1. The Labute approximate surface area is 146 Å². The number of rotatable bonds is 6. The quantitative estimate of drug-likeness (QED) is 0.452. The first kappa shape index (κ1) is 17.0. The Bertz CT molecular complexity index is 743. The molecule has 1 aromatic carbocycles. The summed E-state index contributed by atoms with van der Waals surface area (Å²) in [6, 6.07) is 9.24. The van der Waals surface area contributed by atoms with Crippen LogP contribution in [0.2, 0.25) is 0 Å². The molecule has 0 N–H and O–H groups in total. The van der Waals surface area contributed by atoms with Crippen molar-refractivity contribution >= 4 is 11.8 Å². The van der Waals surface area contributed by atoms with Gasteiger partial charge in [-0.3, -0.25) is 4.79 Å². The first-order valence-corrected chi connectivity index (χ1v) is 8.28. The largest absolute Gasteiger partial charge is 0.486 e. The number of fused-ring (bicyclic) bond motifs is 1. The highest BCUT2D eigenvalue weighted by Crippen LogP contribution is 2.36. The van der Waals surface area contributed by atoms with E-state index in [1.54, 1.807) is 6.08 Å². The van der Waals surface area contributed by atoms with Crippen LogP contribution in [-0.4, -0.2) is 25.0 Å². The number of carbonyl (C=O) groups is 2. The standard InChI is InChI=1S/C20H20O5/c1-2-6-15-9-10-16(19-18(15)23-11-12-24-19)17(21)20(22)25-13-14-7-4-3-5-8-14/h2-5,7-8H,1,6,9-13H2. The Morgan fingerprint density at radius 3 is 2.52 bits per heavy atom. The summed E-state index contributed by atoms with van der Waals surface area (Å²) < 4.78 is 16.5. The van der Waals surface area contributed by atoms with E-state index in [2.05, 4.69) is 6.58 Å². The highest BCUT2D eigenvalue weighted by Gasteiger charge is 2.33. The fourth-order valence-corrected chi connectivity index (χ4v) is 2.91. The van der Waals surface area contributed by atoms with E-state index in [0.29, 0.717) is 49.6 Å².